The van der Waals surface area contributed by atoms with Gasteiger partial charge in [-0.2, -0.15) is 5.10 Å². The molecule has 2 heterocycles. The summed E-state index contributed by atoms with van der Waals surface area (Å²) >= 11 is 0. The van der Waals surface area contributed by atoms with Gasteiger partial charge >= 0.3 is 0 Å². The van der Waals surface area contributed by atoms with Gasteiger partial charge < -0.3 is 4.74 Å². The van der Waals surface area contributed by atoms with Crippen LogP contribution in [0.4, 0.5) is 0 Å². The van der Waals surface area contributed by atoms with E-state index in [1.165, 1.54) is 11.1 Å². The fraction of sp³-hybridized carbons (Fsp3) is 0.316. The molecule has 0 saturated heterocycles. The molecular formula is C19H21N3O. The molecule has 0 unspecified atom stereocenters. The lowest BCUT2D eigenvalue weighted by molar-refractivity contribution is 0.339. The van der Waals surface area contributed by atoms with Gasteiger partial charge in [-0.05, 0) is 31.1 Å². The van der Waals surface area contributed by atoms with E-state index in [0.29, 0.717) is 0 Å². The molecule has 0 spiro atoms. The van der Waals surface area contributed by atoms with Crippen LogP contribution in [0.25, 0.3) is 11.3 Å². The molecule has 1 aliphatic heterocycles. The molecule has 0 radical (unpaired) electrons. The molecule has 3 rings (SSSR count). The fourth-order valence-corrected chi connectivity index (χ4v) is 2.75. The van der Waals surface area contributed by atoms with Gasteiger partial charge in [0.2, 0.25) is 0 Å². The van der Waals surface area contributed by atoms with Crippen molar-refractivity contribution in [2.24, 2.45) is 0 Å². The third-order valence-corrected chi connectivity index (χ3v) is 4.06. The second-order valence-corrected chi connectivity index (χ2v) is 5.49. The van der Waals surface area contributed by atoms with Crippen LogP contribution in [0.2, 0.25) is 0 Å². The van der Waals surface area contributed by atoms with Crippen molar-refractivity contribution in [2.75, 3.05) is 26.7 Å². The Balaban J connectivity index is 1.77. The van der Waals surface area contributed by atoms with Crippen LogP contribution in [0, 0.1) is 11.8 Å². The summed E-state index contributed by atoms with van der Waals surface area (Å²) in [6.07, 6.45) is 7.32. The number of methoxy groups -OCH3 is 1. The van der Waals surface area contributed by atoms with Gasteiger partial charge in [0.1, 0.15) is 11.4 Å². The van der Waals surface area contributed by atoms with E-state index >= 15 is 0 Å². The number of hydrogen-bond acceptors (Lipinski definition) is 3. The van der Waals surface area contributed by atoms with Crippen LogP contribution in [0.5, 0.6) is 5.75 Å². The number of rotatable bonds is 4. The van der Waals surface area contributed by atoms with E-state index in [0.717, 1.165) is 37.5 Å². The summed E-state index contributed by atoms with van der Waals surface area (Å²) in [5.74, 6) is 6.90. The molecule has 118 valence electrons. The molecule has 23 heavy (non-hydrogen) atoms. The first-order chi connectivity index (χ1) is 11.3. The molecule has 0 fully saturated rings. The van der Waals surface area contributed by atoms with E-state index < -0.39 is 0 Å². The van der Waals surface area contributed by atoms with Crippen molar-refractivity contribution >= 4 is 5.57 Å². The van der Waals surface area contributed by atoms with Crippen LogP contribution in [0.15, 0.2) is 42.7 Å². The predicted molar refractivity (Wildman–Crippen MR) is 92.6 cm³/mol. The molecule has 4 nitrogen and oxygen atoms in total. The predicted octanol–water partition coefficient (Wildman–Crippen LogP) is 2.99. The first-order valence-corrected chi connectivity index (χ1v) is 7.81. The van der Waals surface area contributed by atoms with E-state index in [1.54, 1.807) is 7.11 Å². The minimum absolute atomic E-state index is 0.823. The van der Waals surface area contributed by atoms with E-state index in [9.17, 15) is 0 Å². The Bertz CT molecular complexity index is 764. The van der Waals surface area contributed by atoms with Crippen molar-refractivity contribution in [2.45, 2.75) is 13.3 Å². The summed E-state index contributed by atoms with van der Waals surface area (Å²) in [5, 5.41) is 4.50. The lowest BCUT2D eigenvalue weighted by Gasteiger charge is -2.23. The van der Waals surface area contributed by atoms with Gasteiger partial charge in [-0.3, -0.25) is 4.90 Å². The van der Waals surface area contributed by atoms with Gasteiger partial charge in [-0.1, -0.05) is 24.1 Å². The van der Waals surface area contributed by atoms with Crippen molar-refractivity contribution in [1.82, 2.24) is 14.7 Å². The lowest BCUT2D eigenvalue weighted by Crippen LogP contribution is -2.28. The van der Waals surface area contributed by atoms with E-state index in [-0.39, 0.29) is 0 Å². The zero-order chi connectivity index (χ0) is 16.1. The average molecular weight is 307 g/mol. The number of benzene rings is 1. The first kappa shape index (κ1) is 15.4. The third-order valence-electron chi connectivity index (χ3n) is 4.06. The van der Waals surface area contributed by atoms with Gasteiger partial charge in [0, 0.05) is 24.8 Å². The Morgan fingerprint density at radius 1 is 1.30 bits per heavy atom. The SMILES string of the molecule is CC#CCN1CC=C(c2cnn(-c3ccccc3OC)c2)CC1. The third kappa shape index (κ3) is 3.46. The molecule has 2 aromatic rings. The normalized spacial score (nSPS) is 14.8. The van der Waals surface area contributed by atoms with Gasteiger partial charge in [0.05, 0.1) is 19.9 Å². The Labute approximate surface area is 137 Å². The molecule has 1 aromatic carbocycles. The van der Waals surface area contributed by atoms with Crippen molar-refractivity contribution in [3.05, 3.63) is 48.3 Å². The topological polar surface area (TPSA) is 30.3 Å². The molecule has 4 heteroatoms. The van der Waals surface area contributed by atoms with Gasteiger partial charge in [-0.25, -0.2) is 4.68 Å². The average Bonchev–Trinajstić information content (AvgIpc) is 3.10. The summed E-state index contributed by atoms with van der Waals surface area (Å²) in [4.78, 5) is 2.35. The van der Waals surface area contributed by atoms with Crippen LogP contribution in [0.3, 0.4) is 0 Å². The van der Waals surface area contributed by atoms with Crippen LogP contribution in [0.1, 0.15) is 18.9 Å². The van der Waals surface area contributed by atoms with Crippen molar-refractivity contribution in [3.63, 3.8) is 0 Å². The number of aromatic nitrogens is 2. The second kappa shape index (κ2) is 7.17. The number of hydrogen-bond donors (Lipinski definition) is 0. The summed E-state index contributed by atoms with van der Waals surface area (Å²) in [7, 11) is 1.68. The maximum absolute atomic E-state index is 5.41. The molecule has 0 atom stereocenters. The Morgan fingerprint density at radius 3 is 2.91 bits per heavy atom. The Morgan fingerprint density at radius 2 is 2.17 bits per heavy atom. The Kier molecular flexibility index (Phi) is 4.80. The molecule has 0 amide bonds. The zero-order valence-corrected chi connectivity index (χ0v) is 13.6. The molecule has 0 saturated carbocycles. The smallest absolute Gasteiger partial charge is 0.144 e. The van der Waals surface area contributed by atoms with Crippen LogP contribution >= 0.6 is 0 Å². The fourth-order valence-electron chi connectivity index (χ4n) is 2.75. The van der Waals surface area contributed by atoms with Gasteiger partial charge in [0.15, 0.2) is 0 Å². The molecule has 1 aliphatic rings. The second-order valence-electron chi connectivity index (χ2n) is 5.49. The minimum atomic E-state index is 0.823. The largest absolute Gasteiger partial charge is 0.494 e. The number of nitrogens with zero attached hydrogens (tertiary/aromatic N) is 3. The van der Waals surface area contributed by atoms with E-state index in [2.05, 4.69) is 34.1 Å². The monoisotopic (exact) mass is 307 g/mol. The summed E-state index contributed by atoms with van der Waals surface area (Å²) in [5.41, 5.74) is 3.49. The van der Waals surface area contributed by atoms with Crippen molar-refractivity contribution < 1.29 is 4.74 Å². The molecule has 0 aliphatic carbocycles. The molecular weight excluding hydrogens is 286 g/mol. The highest BCUT2D eigenvalue weighted by Crippen LogP contribution is 2.25. The minimum Gasteiger partial charge on any atom is -0.494 e. The van der Waals surface area contributed by atoms with Crippen molar-refractivity contribution in [3.8, 4) is 23.3 Å². The maximum atomic E-state index is 5.41. The summed E-state index contributed by atoms with van der Waals surface area (Å²) < 4.78 is 7.29. The van der Waals surface area contributed by atoms with E-state index in [4.69, 9.17) is 4.74 Å². The Hall–Kier alpha value is -2.51. The quantitative estimate of drug-likeness (QED) is 0.814. The molecule has 0 N–H and O–H groups in total. The lowest BCUT2D eigenvalue weighted by atomic mass is 10.0. The van der Waals surface area contributed by atoms with Crippen LogP contribution < -0.4 is 4.74 Å². The van der Waals surface area contributed by atoms with Crippen molar-refractivity contribution in [1.29, 1.82) is 0 Å². The summed E-state index contributed by atoms with van der Waals surface area (Å²) in [6, 6.07) is 7.91. The highest BCUT2D eigenvalue weighted by atomic mass is 16.5. The molecule has 0 bridgehead atoms. The molecule has 1 aromatic heterocycles. The van der Waals surface area contributed by atoms with Crippen LogP contribution in [-0.2, 0) is 0 Å². The summed E-state index contributed by atoms with van der Waals surface area (Å²) in [6.45, 7) is 4.72. The highest BCUT2D eigenvalue weighted by molar-refractivity contribution is 5.66. The zero-order valence-electron chi connectivity index (χ0n) is 13.6. The first-order valence-electron chi connectivity index (χ1n) is 7.81. The number of ether oxygens (including phenoxy) is 1. The van der Waals surface area contributed by atoms with Crippen LogP contribution in [-0.4, -0.2) is 41.4 Å². The van der Waals surface area contributed by atoms with Gasteiger partial charge in [-0.15, -0.1) is 5.92 Å². The standard InChI is InChI=1S/C19H21N3O/c1-3-4-11-21-12-9-16(10-13-21)17-14-20-22(15-17)18-7-5-6-8-19(18)23-2/h5-9,14-15H,10-13H2,1-2H3. The highest BCUT2D eigenvalue weighted by Gasteiger charge is 2.14. The van der Waals surface area contributed by atoms with E-state index in [1.807, 2.05) is 42.1 Å². The number of para-hydroxylation sites is 2. The maximum Gasteiger partial charge on any atom is 0.144 e. The van der Waals surface area contributed by atoms with Gasteiger partial charge in [0.25, 0.3) is 0 Å².